The Balaban J connectivity index is 1.83. The molecule has 0 unspecified atom stereocenters. The zero-order valence-corrected chi connectivity index (χ0v) is 17.9. The van der Waals surface area contributed by atoms with E-state index >= 15 is 0 Å². The van der Waals surface area contributed by atoms with E-state index in [9.17, 15) is 13.2 Å². The lowest BCUT2D eigenvalue weighted by molar-refractivity contribution is -0.275. The maximum atomic E-state index is 12.8. The van der Waals surface area contributed by atoms with Gasteiger partial charge in [0, 0.05) is 10.9 Å². The number of halogens is 3. The van der Waals surface area contributed by atoms with Gasteiger partial charge in [-0.15, -0.1) is 13.2 Å². The third kappa shape index (κ3) is 4.62. The SMILES string of the molecule is COc1ccc(-c2ncnc3ccc(-c4ccc(OC)c(OC(F)(F)F)c4)cc23)cc1OC. The second kappa shape index (κ2) is 8.85. The topological polar surface area (TPSA) is 62.7 Å². The second-order valence-corrected chi connectivity index (χ2v) is 6.94. The van der Waals surface area contributed by atoms with Crippen LogP contribution in [0.15, 0.2) is 60.9 Å². The Morgan fingerprint density at radius 3 is 1.88 bits per heavy atom. The monoisotopic (exact) mass is 456 g/mol. The molecule has 0 amide bonds. The van der Waals surface area contributed by atoms with Crippen LogP contribution in [0, 0.1) is 0 Å². The normalized spacial score (nSPS) is 11.3. The predicted octanol–water partition coefficient (Wildman–Crippen LogP) is 5.89. The number of rotatable bonds is 6. The van der Waals surface area contributed by atoms with Gasteiger partial charge in [0.15, 0.2) is 23.0 Å². The standard InChI is InChI=1S/C24H19F3N2O4/c1-30-19-9-6-16(12-21(19)32-3)23-17-10-14(4-7-18(17)28-13-29-23)15-5-8-20(31-2)22(11-15)33-24(25,26)27/h4-13H,1-3H3. The second-order valence-electron chi connectivity index (χ2n) is 6.94. The van der Waals surface area contributed by atoms with Gasteiger partial charge in [0.05, 0.1) is 32.5 Å². The lowest BCUT2D eigenvalue weighted by atomic mass is 10.00. The van der Waals surface area contributed by atoms with Crippen molar-refractivity contribution in [1.82, 2.24) is 9.97 Å². The lowest BCUT2D eigenvalue weighted by Crippen LogP contribution is -2.17. The fourth-order valence-corrected chi connectivity index (χ4v) is 3.51. The van der Waals surface area contributed by atoms with Crippen LogP contribution in [0.2, 0.25) is 0 Å². The number of fused-ring (bicyclic) bond motifs is 1. The van der Waals surface area contributed by atoms with E-state index in [0.717, 1.165) is 10.9 Å². The molecule has 0 saturated carbocycles. The number of benzene rings is 3. The summed E-state index contributed by atoms with van der Waals surface area (Å²) in [6.07, 6.45) is -3.39. The molecule has 1 aromatic heterocycles. The summed E-state index contributed by atoms with van der Waals surface area (Å²) in [5, 5.41) is 0.719. The van der Waals surface area contributed by atoms with Crippen LogP contribution in [0.4, 0.5) is 13.2 Å². The molecule has 3 aromatic carbocycles. The molecule has 4 rings (SSSR count). The molecule has 0 radical (unpaired) electrons. The van der Waals surface area contributed by atoms with Gasteiger partial charge in [0.25, 0.3) is 0 Å². The maximum Gasteiger partial charge on any atom is 0.573 e. The Hall–Kier alpha value is -4.01. The number of ether oxygens (including phenoxy) is 4. The Bertz CT molecular complexity index is 1310. The average molecular weight is 456 g/mol. The van der Waals surface area contributed by atoms with Gasteiger partial charge in [-0.1, -0.05) is 12.1 Å². The van der Waals surface area contributed by atoms with Gasteiger partial charge in [-0.3, -0.25) is 0 Å². The summed E-state index contributed by atoms with van der Waals surface area (Å²) in [6.45, 7) is 0. The quantitative estimate of drug-likeness (QED) is 0.361. The van der Waals surface area contributed by atoms with Crippen LogP contribution < -0.4 is 18.9 Å². The minimum atomic E-state index is -4.84. The molecule has 4 aromatic rings. The molecule has 0 aliphatic heterocycles. The summed E-state index contributed by atoms with van der Waals surface area (Å²) in [5.41, 5.74) is 3.27. The molecule has 6 nitrogen and oxygen atoms in total. The third-order valence-electron chi connectivity index (χ3n) is 5.01. The first kappa shape index (κ1) is 22.2. The molecule has 0 spiro atoms. The van der Waals surface area contributed by atoms with Gasteiger partial charge in [-0.2, -0.15) is 0 Å². The minimum Gasteiger partial charge on any atom is -0.493 e. The highest BCUT2D eigenvalue weighted by Gasteiger charge is 2.32. The van der Waals surface area contributed by atoms with E-state index in [2.05, 4.69) is 14.7 Å². The molecule has 0 atom stereocenters. The summed E-state index contributed by atoms with van der Waals surface area (Å²) < 4.78 is 58.4. The van der Waals surface area contributed by atoms with Crippen molar-refractivity contribution in [1.29, 1.82) is 0 Å². The predicted molar refractivity (Wildman–Crippen MR) is 117 cm³/mol. The largest absolute Gasteiger partial charge is 0.573 e. The number of methoxy groups -OCH3 is 3. The fourth-order valence-electron chi connectivity index (χ4n) is 3.51. The van der Waals surface area contributed by atoms with Crippen molar-refractivity contribution >= 4 is 10.9 Å². The van der Waals surface area contributed by atoms with Gasteiger partial charge in [-0.05, 0) is 53.6 Å². The van der Waals surface area contributed by atoms with Crippen molar-refractivity contribution in [3.05, 3.63) is 60.9 Å². The van der Waals surface area contributed by atoms with Crippen molar-refractivity contribution in [2.45, 2.75) is 6.36 Å². The fraction of sp³-hybridized carbons (Fsp3) is 0.167. The third-order valence-corrected chi connectivity index (χ3v) is 5.01. The Kier molecular flexibility index (Phi) is 5.95. The average Bonchev–Trinajstić information content (AvgIpc) is 2.81. The molecule has 0 fully saturated rings. The number of hydrogen-bond donors (Lipinski definition) is 0. The van der Waals surface area contributed by atoms with Gasteiger partial charge in [0.1, 0.15) is 6.33 Å². The molecule has 0 aliphatic carbocycles. The molecular weight excluding hydrogens is 437 g/mol. The van der Waals surface area contributed by atoms with E-state index in [4.69, 9.17) is 14.2 Å². The Labute approximate surface area is 187 Å². The van der Waals surface area contributed by atoms with E-state index in [1.54, 1.807) is 44.6 Å². The minimum absolute atomic E-state index is 0.0220. The van der Waals surface area contributed by atoms with Crippen LogP contribution in [-0.2, 0) is 0 Å². The summed E-state index contributed by atoms with van der Waals surface area (Å²) in [4.78, 5) is 8.75. The van der Waals surface area contributed by atoms with Gasteiger partial charge >= 0.3 is 6.36 Å². The number of alkyl halides is 3. The lowest BCUT2D eigenvalue weighted by Gasteiger charge is -2.14. The molecule has 0 bridgehead atoms. The Morgan fingerprint density at radius 1 is 0.636 bits per heavy atom. The first-order chi connectivity index (χ1) is 15.8. The van der Waals surface area contributed by atoms with E-state index in [0.29, 0.717) is 33.8 Å². The smallest absolute Gasteiger partial charge is 0.493 e. The van der Waals surface area contributed by atoms with E-state index in [1.165, 1.54) is 25.6 Å². The zero-order valence-electron chi connectivity index (χ0n) is 17.9. The van der Waals surface area contributed by atoms with Crippen molar-refractivity contribution in [3.63, 3.8) is 0 Å². The van der Waals surface area contributed by atoms with Gasteiger partial charge in [0.2, 0.25) is 0 Å². The molecule has 0 aliphatic rings. The Morgan fingerprint density at radius 2 is 1.21 bits per heavy atom. The van der Waals surface area contributed by atoms with E-state index < -0.39 is 12.1 Å². The first-order valence-electron chi connectivity index (χ1n) is 9.74. The highest BCUT2D eigenvalue weighted by atomic mass is 19.4. The molecule has 33 heavy (non-hydrogen) atoms. The van der Waals surface area contributed by atoms with Crippen LogP contribution in [0.3, 0.4) is 0 Å². The highest BCUT2D eigenvalue weighted by molar-refractivity contribution is 5.95. The van der Waals surface area contributed by atoms with Crippen LogP contribution in [0.25, 0.3) is 33.3 Å². The van der Waals surface area contributed by atoms with E-state index in [-0.39, 0.29) is 5.75 Å². The van der Waals surface area contributed by atoms with Gasteiger partial charge < -0.3 is 18.9 Å². The highest BCUT2D eigenvalue weighted by Crippen LogP contribution is 2.38. The molecule has 1 heterocycles. The molecule has 9 heteroatoms. The van der Waals surface area contributed by atoms with Crippen molar-refractivity contribution in [2.24, 2.45) is 0 Å². The molecule has 0 N–H and O–H groups in total. The van der Waals surface area contributed by atoms with Crippen LogP contribution in [0.5, 0.6) is 23.0 Å². The summed E-state index contributed by atoms with van der Waals surface area (Å²) >= 11 is 0. The number of hydrogen-bond acceptors (Lipinski definition) is 6. The van der Waals surface area contributed by atoms with E-state index in [1.807, 2.05) is 12.1 Å². The summed E-state index contributed by atoms with van der Waals surface area (Å²) in [5.74, 6) is 0.677. The molecular formula is C24H19F3N2O4. The van der Waals surface area contributed by atoms with Gasteiger partial charge in [-0.25, -0.2) is 9.97 Å². The maximum absolute atomic E-state index is 12.8. The zero-order chi connectivity index (χ0) is 23.6. The molecule has 0 saturated heterocycles. The first-order valence-corrected chi connectivity index (χ1v) is 9.74. The van der Waals surface area contributed by atoms with Crippen molar-refractivity contribution < 1.29 is 32.1 Å². The number of nitrogens with zero attached hydrogens (tertiary/aromatic N) is 2. The summed E-state index contributed by atoms with van der Waals surface area (Å²) in [7, 11) is 4.37. The molecule has 170 valence electrons. The van der Waals surface area contributed by atoms with Crippen molar-refractivity contribution in [3.8, 4) is 45.4 Å². The van der Waals surface area contributed by atoms with Crippen molar-refractivity contribution in [2.75, 3.05) is 21.3 Å². The van der Waals surface area contributed by atoms with Crippen LogP contribution >= 0.6 is 0 Å². The summed E-state index contributed by atoms with van der Waals surface area (Å²) in [6, 6.07) is 15.2. The van der Waals surface area contributed by atoms with Crippen LogP contribution in [-0.4, -0.2) is 37.7 Å². The number of aromatic nitrogens is 2. The van der Waals surface area contributed by atoms with Crippen LogP contribution in [0.1, 0.15) is 0 Å².